The number of nitrogens with zero attached hydrogens (tertiary/aromatic N) is 1. The summed E-state index contributed by atoms with van der Waals surface area (Å²) in [5.74, 6) is 1.64. The molecule has 1 N–H and O–H groups in total. The largest absolute Gasteiger partial charge is 0.497 e. The first kappa shape index (κ1) is 19.2. The summed E-state index contributed by atoms with van der Waals surface area (Å²) in [6, 6.07) is 19.0. The van der Waals surface area contributed by atoms with Crippen LogP contribution in [0, 0.1) is 0 Å². The molecule has 0 bridgehead atoms. The van der Waals surface area contributed by atoms with Gasteiger partial charge in [0.25, 0.3) is 5.91 Å². The zero-order valence-corrected chi connectivity index (χ0v) is 15.8. The first-order valence-corrected chi connectivity index (χ1v) is 8.94. The molecule has 0 heterocycles. The molecule has 0 radical (unpaired) electrons. The SMILES string of the molecule is CCOc1ccc(OC)cc1C=NNC(=O)COc1cccc2ccccc12. The van der Waals surface area contributed by atoms with Crippen LogP contribution >= 0.6 is 0 Å². The van der Waals surface area contributed by atoms with Crippen LogP contribution in [0.4, 0.5) is 0 Å². The van der Waals surface area contributed by atoms with Crippen molar-refractivity contribution in [3.63, 3.8) is 0 Å². The number of hydrazone groups is 1. The third kappa shape index (κ3) is 4.79. The smallest absolute Gasteiger partial charge is 0.277 e. The number of fused-ring (bicyclic) bond motifs is 1. The van der Waals surface area contributed by atoms with Gasteiger partial charge in [-0.3, -0.25) is 4.79 Å². The maximum atomic E-state index is 12.1. The molecule has 28 heavy (non-hydrogen) atoms. The Morgan fingerprint density at radius 1 is 1.04 bits per heavy atom. The Labute approximate surface area is 163 Å². The lowest BCUT2D eigenvalue weighted by Gasteiger charge is -2.09. The molecule has 0 unspecified atom stereocenters. The van der Waals surface area contributed by atoms with Crippen LogP contribution in [0.2, 0.25) is 0 Å². The van der Waals surface area contributed by atoms with Crippen molar-refractivity contribution in [1.29, 1.82) is 0 Å². The number of amides is 1. The number of rotatable bonds is 8. The van der Waals surface area contributed by atoms with Gasteiger partial charge in [0.15, 0.2) is 6.61 Å². The highest BCUT2D eigenvalue weighted by Gasteiger charge is 2.06. The Morgan fingerprint density at radius 2 is 1.86 bits per heavy atom. The van der Waals surface area contributed by atoms with Gasteiger partial charge >= 0.3 is 0 Å². The molecule has 144 valence electrons. The van der Waals surface area contributed by atoms with E-state index < -0.39 is 0 Å². The normalized spacial score (nSPS) is 10.8. The van der Waals surface area contributed by atoms with E-state index in [4.69, 9.17) is 14.2 Å². The zero-order chi connectivity index (χ0) is 19.8. The summed E-state index contributed by atoms with van der Waals surface area (Å²) in [7, 11) is 1.59. The molecule has 6 heteroatoms. The molecule has 0 aliphatic rings. The van der Waals surface area contributed by atoms with Gasteiger partial charge in [0.1, 0.15) is 17.2 Å². The van der Waals surface area contributed by atoms with Crippen LogP contribution < -0.4 is 19.6 Å². The van der Waals surface area contributed by atoms with E-state index >= 15 is 0 Å². The minimum absolute atomic E-state index is 0.137. The van der Waals surface area contributed by atoms with Gasteiger partial charge in [-0.05, 0) is 36.6 Å². The third-order valence-electron chi connectivity index (χ3n) is 4.02. The Bertz CT molecular complexity index is 980. The quantitative estimate of drug-likeness (QED) is 0.478. The molecule has 0 aliphatic carbocycles. The number of carbonyl (C=O) groups excluding carboxylic acids is 1. The molecule has 0 saturated carbocycles. The second kappa shape index (κ2) is 9.41. The molecule has 0 spiro atoms. The molecular weight excluding hydrogens is 356 g/mol. The number of hydrogen-bond donors (Lipinski definition) is 1. The highest BCUT2D eigenvalue weighted by atomic mass is 16.5. The number of carbonyl (C=O) groups is 1. The summed E-state index contributed by atoms with van der Waals surface area (Å²) in [6.07, 6.45) is 1.52. The lowest BCUT2D eigenvalue weighted by atomic mass is 10.1. The molecule has 0 saturated heterocycles. The number of benzene rings is 3. The highest BCUT2D eigenvalue weighted by molar-refractivity contribution is 5.89. The van der Waals surface area contributed by atoms with Crippen molar-refractivity contribution in [3.05, 3.63) is 66.2 Å². The van der Waals surface area contributed by atoms with Crippen LogP contribution in [-0.4, -0.2) is 32.4 Å². The fraction of sp³-hybridized carbons (Fsp3) is 0.182. The van der Waals surface area contributed by atoms with Crippen LogP contribution in [0.5, 0.6) is 17.2 Å². The lowest BCUT2D eigenvalue weighted by molar-refractivity contribution is -0.123. The van der Waals surface area contributed by atoms with E-state index in [0.29, 0.717) is 29.4 Å². The van der Waals surface area contributed by atoms with Crippen molar-refractivity contribution in [3.8, 4) is 17.2 Å². The number of ether oxygens (including phenoxy) is 3. The van der Waals surface area contributed by atoms with E-state index in [9.17, 15) is 4.79 Å². The third-order valence-corrected chi connectivity index (χ3v) is 4.02. The summed E-state index contributed by atoms with van der Waals surface area (Å²) < 4.78 is 16.4. The summed E-state index contributed by atoms with van der Waals surface area (Å²) in [6.45, 7) is 2.29. The van der Waals surface area contributed by atoms with E-state index in [0.717, 1.165) is 10.8 Å². The Kier molecular flexibility index (Phi) is 6.46. The lowest BCUT2D eigenvalue weighted by Crippen LogP contribution is -2.24. The monoisotopic (exact) mass is 378 g/mol. The van der Waals surface area contributed by atoms with Gasteiger partial charge in [0.2, 0.25) is 0 Å². The van der Waals surface area contributed by atoms with Crippen LogP contribution in [0.3, 0.4) is 0 Å². The molecule has 0 fully saturated rings. The Balaban J connectivity index is 1.61. The van der Waals surface area contributed by atoms with Crippen molar-refractivity contribution >= 4 is 22.9 Å². The summed E-state index contributed by atoms with van der Waals surface area (Å²) in [5, 5.41) is 6.01. The molecule has 6 nitrogen and oxygen atoms in total. The standard InChI is InChI=1S/C22H22N2O4/c1-3-27-20-12-11-18(26-2)13-17(20)14-23-24-22(25)15-28-21-10-6-8-16-7-4-5-9-19(16)21/h4-14H,3,15H2,1-2H3,(H,24,25). The highest BCUT2D eigenvalue weighted by Crippen LogP contribution is 2.25. The maximum absolute atomic E-state index is 12.1. The predicted molar refractivity (Wildman–Crippen MR) is 109 cm³/mol. The van der Waals surface area contributed by atoms with Gasteiger partial charge in [0.05, 0.1) is 19.9 Å². The van der Waals surface area contributed by atoms with Crippen LogP contribution in [-0.2, 0) is 4.79 Å². The Morgan fingerprint density at radius 3 is 2.68 bits per heavy atom. The molecule has 3 aromatic carbocycles. The van der Waals surface area contributed by atoms with Gasteiger partial charge < -0.3 is 14.2 Å². The Hall–Kier alpha value is -3.54. The number of hydrogen-bond acceptors (Lipinski definition) is 5. The molecule has 3 aromatic rings. The molecule has 0 aromatic heterocycles. The van der Waals surface area contributed by atoms with Gasteiger partial charge in [-0.15, -0.1) is 0 Å². The number of nitrogens with one attached hydrogen (secondary N) is 1. The second-order valence-electron chi connectivity index (χ2n) is 5.90. The van der Waals surface area contributed by atoms with E-state index in [1.54, 1.807) is 25.3 Å². The summed E-state index contributed by atoms with van der Waals surface area (Å²) in [4.78, 5) is 12.1. The van der Waals surface area contributed by atoms with Gasteiger partial charge in [-0.25, -0.2) is 5.43 Å². The topological polar surface area (TPSA) is 69.2 Å². The molecule has 0 aliphatic heterocycles. The van der Waals surface area contributed by atoms with Crippen molar-refractivity contribution in [1.82, 2.24) is 5.43 Å². The maximum Gasteiger partial charge on any atom is 0.277 e. The van der Waals surface area contributed by atoms with Crippen LogP contribution in [0.1, 0.15) is 12.5 Å². The fourth-order valence-electron chi connectivity index (χ4n) is 2.71. The average molecular weight is 378 g/mol. The van der Waals surface area contributed by atoms with E-state index in [2.05, 4.69) is 10.5 Å². The first-order valence-electron chi connectivity index (χ1n) is 8.94. The van der Waals surface area contributed by atoms with Gasteiger partial charge in [0, 0.05) is 10.9 Å². The van der Waals surface area contributed by atoms with Gasteiger partial charge in [-0.2, -0.15) is 5.10 Å². The zero-order valence-electron chi connectivity index (χ0n) is 15.8. The van der Waals surface area contributed by atoms with E-state index in [-0.39, 0.29) is 12.5 Å². The number of methoxy groups -OCH3 is 1. The van der Waals surface area contributed by atoms with E-state index in [1.807, 2.05) is 49.4 Å². The summed E-state index contributed by atoms with van der Waals surface area (Å²) >= 11 is 0. The second-order valence-corrected chi connectivity index (χ2v) is 5.90. The molecule has 1 amide bonds. The minimum atomic E-state index is -0.356. The predicted octanol–water partition coefficient (Wildman–Crippen LogP) is 3.78. The van der Waals surface area contributed by atoms with Crippen LogP contribution in [0.15, 0.2) is 65.8 Å². The van der Waals surface area contributed by atoms with Crippen molar-refractivity contribution < 1.29 is 19.0 Å². The first-order chi connectivity index (χ1) is 13.7. The van der Waals surface area contributed by atoms with Crippen LogP contribution in [0.25, 0.3) is 10.8 Å². The van der Waals surface area contributed by atoms with Gasteiger partial charge in [-0.1, -0.05) is 36.4 Å². The summed E-state index contributed by atoms with van der Waals surface area (Å²) in [5.41, 5.74) is 3.17. The fourth-order valence-corrected chi connectivity index (χ4v) is 2.71. The van der Waals surface area contributed by atoms with Crippen molar-refractivity contribution in [2.24, 2.45) is 5.10 Å². The molecule has 3 rings (SSSR count). The van der Waals surface area contributed by atoms with Crippen molar-refractivity contribution in [2.45, 2.75) is 6.92 Å². The molecule has 0 atom stereocenters. The molecular formula is C22H22N2O4. The average Bonchev–Trinajstić information content (AvgIpc) is 2.73. The minimum Gasteiger partial charge on any atom is -0.497 e. The van der Waals surface area contributed by atoms with Crippen molar-refractivity contribution in [2.75, 3.05) is 20.3 Å². The van der Waals surface area contributed by atoms with E-state index in [1.165, 1.54) is 6.21 Å².